The molecule has 0 radical (unpaired) electrons. The van der Waals surface area contributed by atoms with E-state index in [0.29, 0.717) is 12.0 Å². The highest BCUT2D eigenvalue weighted by Crippen LogP contribution is 2.42. The SMILES string of the molecule is CCCC1CCC(C2CCC(CC=CCc3cc(F)cc(F)c3)CC2)CC1. The van der Waals surface area contributed by atoms with Crippen LogP contribution in [-0.4, -0.2) is 0 Å². The number of rotatable bonds is 7. The molecule has 0 saturated heterocycles. The van der Waals surface area contributed by atoms with Crippen LogP contribution in [0.1, 0.15) is 83.1 Å². The summed E-state index contributed by atoms with van der Waals surface area (Å²) in [4.78, 5) is 0. The molecule has 1 aromatic carbocycles. The van der Waals surface area contributed by atoms with Gasteiger partial charge in [0.15, 0.2) is 0 Å². The molecular weight excluding hydrogens is 338 g/mol. The van der Waals surface area contributed by atoms with Crippen LogP contribution < -0.4 is 0 Å². The van der Waals surface area contributed by atoms with Gasteiger partial charge in [-0.3, -0.25) is 0 Å². The van der Waals surface area contributed by atoms with Gasteiger partial charge in [0, 0.05) is 6.07 Å². The van der Waals surface area contributed by atoms with Crippen molar-refractivity contribution < 1.29 is 8.78 Å². The van der Waals surface area contributed by atoms with Crippen molar-refractivity contribution in [2.45, 2.75) is 84.0 Å². The van der Waals surface area contributed by atoms with Crippen LogP contribution in [0.5, 0.6) is 0 Å². The number of hydrogen-bond acceptors (Lipinski definition) is 0. The van der Waals surface area contributed by atoms with E-state index in [2.05, 4.69) is 19.1 Å². The van der Waals surface area contributed by atoms with E-state index in [4.69, 9.17) is 0 Å². The lowest BCUT2D eigenvalue weighted by Gasteiger charge is -2.37. The molecular formula is C25H36F2. The summed E-state index contributed by atoms with van der Waals surface area (Å²) < 4.78 is 26.4. The van der Waals surface area contributed by atoms with Gasteiger partial charge in [-0.25, -0.2) is 8.78 Å². The van der Waals surface area contributed by atoms with E-state index in [-0.39, 0.29) is 0 Å². The molecule has 1 aromatic rings. The molecule has 0 amide bonds. The van der Waals surface area contributed by atoms with Gasteiger partial charge in [0.2, 0.25) is 0 Å². The monoisotopic (exact) mass is 374 g/mol. The Morgan fingerprint density at radius 1 is 0.778 bits per heavy atom. The minimum atomic E-state index is -0.486. The Hall–Kier alpha value is -1.18. The number of allylic oxidation sites excluding steroid dienone is 2. The maximum absolute atomic E-state index is 13.2. The molecule has 0 nitrogen and oxygen atoms in total. The van der Waals surface area contributed by atoms with Gasteiger partial charge in [0.05, 0.1) is 0 Å². The van der Waals surface area contributed by atoms with Crippen molar-refractivity contribution in [2.24, 2.45) is 23.7 Å². The predicted molar refractivity (Wildman–Crippen MR) is 110 cm³/mol. The van der Waals surface area contributed by atoms with E-state index in [9.17, 15) is 8.78 Å². The van der Waals surface area contributed by atoms with Gasteiger partial charge in [-0.2, -0.15) is 0 Å². The van der Waals surface area contributed by atoms with Gasteiger partial charge in [-0.1, -0.05) is 44.8 Å². The fourth-order valence-electron chi connectivity index (χ4n) is 5.49. The molecule has 0 bridgehead atoms. The summed E-state index contributed by atoms with van der Waals surface area (Å²) in [6.45, 7) is 2.32. The third-order valence-corrected chi connectivity index (χ3v) is 7.06. The zero-order valence-electron chi connectivity index (χ0n) is 16.9. The molecule has 2 aliphatic rings. The minimum Gasteiger partial charge on any atom is -0.207 e. The second-order valence-corrected chi connectivity index (χ2v) is 9.04. The maximum Gasteiger partial charge on any atom is 0.126 e. The van der Waals surface area contributed by atoms with E-state index in [1.807, 2.05) is 0 Å². The van der Waals surface area contributed by atoms with Crippen molar-refractivity contribution in [1.82, 2.24) is 0 Å². The quantitative estimate of drug-likeness (QED) is 0.426. The smallest absolute Gasteiger partial charge is 0.126 e. The normalized spacial score (nSPS) is 29.3. The van der Waals surface area contributed by atoms with Crippen LogP contribution in [0, 0.1) is 35.3 Å². The highest BCUT2D eigenvalue weighted by atomic mass is 19.1. The summed E-state index contributed by atoms with van der Waals surface area (Å²) in [5.41, 5.74) is 0.714. The van der Waals surface area contributed by atoms with Crippen LogP contribution in [0.4, 0.5) is 8.78 Å². The summed E-state index contributed by atoms with van der Waals surface area (Å²) in [5.74, 6) is 2.82. The minimum absolute atomic E-state index is 0.486. The van der Waals surface area contributed by atoms with Crippen LogP contribution in [0.25, 0.3) is 0 Å². The van der Waals surface area contributed by atoms with E-state index < -0.39 is 11.6 Å². The topological polar surface area (TPSA) is 0 Å². The highest BCUT2D eigenvalue weighted by Gasteiger charge is 2.30. The molecule has 0 aliphatic heterocycles. The summed E-state index contributed by atoms with van der Waals surface area (Å²) >= 11 is 0. The third-order valence-electron chi connectivity index (χ3n) is 7.06. The van der Waals surface area contributed by atoms with E-state index in [1.54, 1.807) is 0 Å². The van der Waals surface area contributed by atoms with Gasteiger partial charge in [-0.15, -0.1) is 0 Å². The summed E-state index contributed by atoms with van der Waals surface area (Å²) in [6.07, 6.45) is 20.3. The Kier molecular flexibility index (Phi) is 7.91. The largest absolute Gasteiger partial charge is 0.207 e. The molecule has 0 spiro atoms. The van der Waals surface area contributed by atoms with Crippen molar-refractivity contribution >= 4 is 0 Å². The molecule has 150 valence electrons. The fourth-order valence-corrected chi connectivity index (χ4v) is 5.49. The molecule has 3 rings (SSSR count). The summed E-state index contributed by atoms with van der Waals surface area (Å²) in [5, 5.41) is 0. The second kappa shape index (κ2) is 10.4. The Labute approximate surface area is 164 Å². The molecule has 0 atom stereocenters. The molecule has 0 heterocycles. The van der Waals surface area contributed by atoms with Gasteiger partial charge in [0.1, 0.15) is 11.6 Å². The first-order valence-electron chi connectivity index (χ1n) is 11.2. The van der Waals surface area contributed by atoms with Crippen LogP contribution in [0.2, 0.25) is 0 Å². The Morgan fingerprint density at radius 3 is 1.89 bits per heavy atom. The third kappa shape index (κ3) is 6.43. The first-order chi connectivity index (χ1) is 13.1. The fraction of sp³-hybridized carbons (Fsp3) is 0.680. The molecule has 0 N–H and O–H groups in total. The molecule has 2 heteroatoms. The predicted octanol–water partition coefficient (Wildman–Crippen LogP) is 7.87. The van der Waals surface area contributed by atoms with E-state index in [0.717, 1.165) is 36.2 Å². The van der Waals surface area contributed by atoms with Crippen molar-refractivity contribution in [3.8, 4) is 0 Å². The summed E-state index contributed by atoms with van der Waals surface area (Å²) in [7, 11) is 0. The lowest BCUT2D eigenvalue weighted by molar-refractivity contribution is 0.144. The molecule has 0 unspecified atom stereocenters. The Balaban J connectivity index is 1.35. The van der Waals surface area contributed by atoms with Crippen molar-refractivity contribution in [3.63, 3.8) is 0 Å². The lowest BCUT2D eigenvalue weighted by Crippen LogP contribution is -2.25. The zero-order chi connectivity index (χ0) is 19.1. The van der Waals surface area contributed by atoms with Crippen LogP contribution in [-0.2, 0) is 6.42 Å². The van der Waals surface area contributed by atoms with Gasteiger partial charge >= 0.3 is 0 Å². The molecule has 2 aliphatic carbocycles. The Bertz CT molecular complexity index is 570. The van der Waals surface area contributed by atoms with Crippen LogP contribution >= 0.6 is 0 Å². The molecule has 2 fully saturated rings. The number of hydrogen-bond donors (Lipinski definition) is 0. The first-order valence-corrected chi connectivity index (χ1v) is 11.2. The van der Waals surface area contributed by atoms with Crippen LogP contribution in [0.15, 0.2) is 30.4 Å². The van der Waals surface area contributed by atoms with Gasteiger partial charge < -0.3 is 0 Å². The zero-order valence-corrected chi connectivity index (χ0v) is 16.9. The maximum atomic E-state index is 13.2. The van der Waals surface area contributed by atoms with Crippen molar-refractivity contribution in [3.05, 3.63) is 47.5 Å². The van der Waals surface area contributed by atoms with Gasteiger partial charge in [0.25, 0.3) is 0 Å². The van der Waals surface area contributed by atoms with E-state index >= 15 is 0 Å². The summed E-state index contributed by atoms with van der Waals surface area (Å²) in [6, 6.07) is 3.78. The van der Waals surface area contributed by atoms with Crippen molar-refractivity contribution in [1.29, 1.82) is 0 Å². The second-order valence-electron chi connectivity index (χ2n) is 9.04. The average Bonchev–Trinajstić information content (AvgIpc) is 2.66. The molecule has 27 heavy (non-hydrogen) atoms. The van der Waals surface area contributed by atoms with Crippen LogP contribution in [0.3, 0.4) is 0 Å². The lowest BCUT2D eigenvalue weighted by atomic mass is 9.68. The Morgan fingerprint density at radius 2 is 1.33 bits per heavy atom. The average molecular weight is 375 g/mol. The molecule has 2 saturated carbocycles. The standard InChI is InChI=1S/C25H36F2/c1-2-5-19-8-12-22(13-9-19)23-14-10-20(11-15-23)6-3-4-7-21-16-24(26)18-25(27)17-21/h3-4,16-20,22-23H,2,5-15H2,1H3. The number of benzene rings is 1. The highest BCUT2D eigenvalue weighted by molar-refractivity contribution is 5.20. The van der Waals surface area contributed by atoms with Crippen molar-refractivity contribution in [2.75, 3.05) is 0 Å². The number of halogens is 2. The molecule has 0 aromatic heterocycles. The first kappa shape index (κ1) is 20.6. The van der Waals surface area contributed by atoms with Gasteiger partial charge in [-0.05, 0) is 92.7 Å². The van der Waals surface area contributed by atoms with E-state index in [1.165, 1.54) is 76.3 Å².